The molecule has 1 fully saturated rings. The normalized spacial score (nSPS) is 20.9. The van der Waals surface area contributed by atoms with Crippen LogP contribution in [0.2, 0.25) is 0 Å². The minimum Gasteiger partial charge on any atom is -0.495 e. The predicted octanol–water partition coefficient (Wildman–Crippen LogP) is 3.30. The predicted molar refractivity (Wildman–Crippen MR) is 125 cm³/mol. The summed E-state index contributed by atoms with van der Waals surface area (Å²) in [4.78, 5) is 16.6. The monoisotopic (exact) mass is 472 g/mol. The first-order chi connectivity index (χ1) is 15.8. The van der Waals surface area contributed by atoms with Gasteiger partial charge >= 0.3 is 0 Å². The molecular weight excluding hydrogens is 447 g/mol. The number of hydrogen-bond donors (Lipinski definition) is 2. The van der Waals surface area contributed by atoms with Crippen LogP contribution in [0.5, 0.6) is 5.75 Å². The highest BCUT2D eigenvalue weighted by atomic mass is 32.2. The molecule has 0 aromatic carbocycles. The third kappa shape index (κ3) is 5.19. The number of nitrogens with two attached hydrogens (primary N) is 1. The van der Waals surface area contributed by atoms with Crippen LogP contribution in [0, 0.1) is 5.95 Å². The van der Waals surface area contributed by atoms with Crippen molar-refractivity contribution in [2.24, 2.45) is 10.7 Å². The largest absolute Gasteiger partial charge is 0.495 e. The molecular formula is C22H25FN6O3S. The van der Waals surface area contributed by atoms with Crippen molar-refractivity contribution in [1.82, 2.24) is 15.0 Å². The number of anilines is 2. The fraction of sp³-hybridized carbons (Fsp3) is 0.364. The third-order valence-corrected chi connectivity index (χ3v) is 7.40. The van der Waals surface area contributed by atoms with Gasteiger partial charge in [-0.3, -0.25) is 4.99 Å². The Morgan fingerprint density at radius 3 is 2.58 bits per heavy atom. The second kappa shape index (κ2) is 9.26. The van der Waals surface area contributed by atoms with Gasteiger partial charge in [0.2, 0.25) is 5.95 Å². The summed E-state index contributed by atoms with van der Waals surface area (Å²) in [7, 11) is -1.98. The number of methoxy groups -OCH3 is 1. The van der Waals surface area contributed by atoms with Crippen LogP contribution < -0.4 is 15.8 Å². The molecule has 5 rings (SSSR count). The first kappa shape index (κ1) is 22.8. The van der Waals surface area contributed by atoms with Crippen LogP contribution in [0.1, 0.15) is 37.8 Å². The molecule has 0 radical (unpaired) electrons. The van der Waals surface area contributed by atoms with Crippen LogP contribution in [-0.2, 0) is 9.84 Å². The second-order valence-electron chi connectivity index (χ2n) is 7.94. The number of sulfone groups is 1. The van der Waals surface area contributed by atoms with Crippen LogP contribution in [0.3, 0.4) is 0 Å². The molecule has 1 saturated carbocycles. The number of nitrogens with one attached hydrogen (secondary N) is 1. The Balaban J connectivity index is 0.000000799. The van der Waals surface area contributed by atoms with Crippen molar-refractivity contribution < 1.29 is 17.5 Å². The molecule has 3 N–H and O–H groups in total. The third-order valence-electron chi connectivity index (χ3n) is 5.30. The van der Waals surface area contributed by atoms with Gasteiger partial charge in [-0.25, -0.2) is 23.4 Å². The number of aromatic nitrogens is 3. The standard InChI is InChI=1S/C19H19FN6O3S.C3H6/c1-10-18(21)26-15(9-30(10,27)28)14-6-12(7-24-17(14)20)25-19-16-11(3-4-22-19)5-13(29-2)8-23-16;1-2-3-1/h3-8,10,15H,9H2,1-2H3,(H2,21,26)(H,22,25);1-3H2. The summed E-state index contributed by atoms with van der Waals surface area (Å²) in [6.45, 7) is 1.46. The summed E-state index contributed by atoms with van der Waals surface area (Å²) >= 11 is 0. The number of pyridine rings is 3. The van der Waals surface area contributed by atoms with E-state index in [4.69, 9.17) is 10.5 Å². The van der Waals surface area contributed by atoms with E-state index in [0.717, 1.165) is 5.39 Å². The van der Waals surface area contributed by atoms with Crippen LogP contribution in [0.25, 0.3) is 10.9 Å². The molecule has 1 aliphatic carbocycles. The van der Waals surface area contributed by atoms with Crippen LogP contribution in [-0.4, -0.2) is 47.3 Å². The fourth-order valence-electron chi connectivity index (χ4n) is 3.18. The molecule has 33 heavy (non-hydrogen) atoms. The first-order valence-electron chi connectivity index (χ1n) is 10.5. The van der Waals surface area contributed by atoms with E-state index in [-0.39, 0.29) is 17.2 Å². The van der Waals surface area contributed by atoms with Crippen molar-refractivity contribution in [1.29, 1.82) is 0 Å². The highest BCUT2D eigenvalue weighted by molar-refractivity contribution is 7.92. The number of amidine groups is 1. The molecule has 2 unspecified atom stereocenters. The molecule has 3 aromatic heterocycles. The van der Waals surface area contributed by atoms with Gasteiger partial charge < -0.3 is 15.8 Å². The summed E-state index contributed by atoms with van der Waals surface area (Å²) < 4.78 is 44.2. The topological polar surface area (TPSA) is 132 Å². The maximum Gasteiger partial charge on any atom is 0.218 e. The minimum absolute atomic E-state index is 0.0355. The van der Waals surface area contributed by atoms with Crippen LogP contribution in [0.4, 0.5) is 15.9 Å². The van der Waals surface area contributed by atoms with Gasteiger partial charge in [0.1, 0.15) is 22.4 Å². The van der Waals surface area contributed by atoms with E-state index in [1.807, 2.05) is 6.07 Å². The van der Waals surface area contributed by atoms with Gasteiger partial charge in [0.05, 0.1) is 37.0 Å². The summed E-state index contributed by atoms with van der Waals surface area (Å²) in [6.07, 6.45) is 8.95. The molecule has 4 heterocycles. The van der Waals surface area contributed by atoms with Gasteiger partial charge in [-0.2, -0.15) is 4.39 Å². The molecule has 0 bridgehead atoms. The number of halogens is 1. The van der Waals surface area contributed by atoms with Gasteiger partial charge in [-0.05, 0) is 25.1 Å². The number of nitrogens with zero attached hydrogens (tertiary/aromatic N) is 4. The van der Waals surface area contributed by atoms with Crippen LogP contribution >= 0.6 is 0 Å². The lowest BCUT2D eigenvalue weighted by Crippen LogP contribution is -2.41. The summed E-state index contributed by atoms with van der Waals surface area (Å²) in [5.41, 5.74) is 6.79. The van der Waals surface area contributed by atoms with Crippen molar-refractivity contribution in [3.8, 4) is 5.75 Å². The molecule has 2 aliphatic rings. The quantitative estimate of drug-likeness (QED) is 0.553. The molecule has 2 atom stereocenters. The molecule has 0 spiro atoms. The van der Waals surface area contributed by atoms with E-state index in [1.165, 1.54) is 38.4 Å². The minimum atomic E-state index is -3.54. The summed E-state index contributed by atoms with van der Waals surface area (Å²) in [6, 6.07) is 4.09. The van der Waals surface area contributed by atoms with Gasteiger partial charge in [0, 0.05) is 17.1 Å². The number of fused-ring (bicyclic) bond motifs is 1. The highest BCUT2D eigenvalue weighted by Gasteiger charge is 2.35. The van der Waals surface area contributed by atoms with E-state index in [0.29, 0.717) is 22.8 Å². The van der Waals surface area contributed by atoms with Crippen molar-refractivity contribution in [3.05, 3.63) is 48.3 Å². The molecule has 0 saturated heterocycles. The zero-order valence-corrected chi connectivity index (χ0v) is 19.1. The lowest BCUT2D eigenvalue weighted by Gasteiger charge is -2.24. The van der Waals surface area contributed by atoms with Gasteiger partial charge in [0.25, 0.3) is 0 Å². The maximum absolute atomic E-state index is 14.4. The average Bonchev–Trinajstić information content (AvgIpc) is 3.68. The van der Waals surface area contributed by atoms with Crippen LogP contribution in [0.15, 0.2) is 41.8 Å². The van der Waals surface area contributed by atoms with Crippen molar-refractivity contribution >= 4 is 38.1 Å². The van der Waals surface area contributed by atoms with Gasteiger partial charge in [-0.15, -0.1) is 0 Å². The lowest BCUT2D eigenvalue weighted by molar-refractivity contribution is 0.414. The highest BCUT2D eigenvalue weighted by Crippen LogP contribution is 2.31. The Hall–Kier alpha value is -3.34. The Labute approximate surface area is 191 Å². The molecule has 0 amide bonds. The molecule has 11 heteroatoms. The number of ether oxygens (including phenoxy) is 1. The van der Waals surface area contributed by atoms with Crippen molar-refractivity contribution in [2.45, 2.75) is 37.5 Å². The van der Waals surface area contributed by atoms with Crippen molar-refractivity contribution in [3.63, 3.8) is 0 Å². The van der Waals surface area contributed by atoms with E-state index in [9.17, 15) is 12.8 Å². The Morgan fingerprint density at radius 1 is 1.15 bits per heavy atom. The Morgan fingerprint density at radius 2 is 1.91 bits per heavy atom. The summed E-state index contributed by atoms with van der Waals surface area (Å²) in [5, 5.41) is 2.96. The Kier molecular flexibility index (Phi) is 6.41. The lowest BCUT2D eigenvalue weighted by atomic mass is 10.1. The number of hydrogen-bond acceptors (Lipinski definition) is 9. The first-order valence-corrected chi connectivity index (χ1v) is 12.3. The van der Waals surface area contributed by atoms with Crippen molar-refractivity contribution in [2.75, 3.05) is 18.2 Å². The van der Waals surface area contributed by atoms with E-state index < -0.39 is 27.1 Å². The summed E-state index contributed by atoms with van der Waals surface area (Å²) in [5.74, 6) is -0.153. The average molecular weight is 473 g/mol. The zero-order valence-electron chi connectivity index (χ0n) is 18.3. The smallest absolute Gasteiger partial charge is 0.218 e. The number of aliphatic imine (C=N–C) groups is 1. The zero-order chi connectivity index (χ0) is 23.6. The maximum atomic E-state index is 14.4. The molecule has 3 aromatic rings. The molecule has 9 nitrogen and oxygen atoms in total. The second-order valence-corrected chi connectivity index (χ2v) is 10.3. The van der Waals surface area contributed by atoms with Gasteiger partial charge in [-0.1, -0.05) is 19.3 Å². The molecule has 174 valence electrons. The molecule has 1 aliphatic heterocycles. The van der Waals surface area contributed by atoms with E-state index in [1.54, 1.807) is 25.6 Å². The Bertz CT molecular complexity index is 1310. The van der Waals surface area contributed by atoms with Gasteiger partial charge in [0.15, 0.2) is 15.7 Å². The fourth-order valence-corrected chi connectivity index (χ4v) is 4.59. The van der Waals surface area contributed by atoms with E-state index >= 15 is 0 Å². The van der Waals surface area contributed by atoms with E-state index in [2.05, 4.69) is 25.3 Å². The number of rotatable bonds is 4. The SMILES string of the molecule is C1CC1.COc1cnc2c(Nc3cnc(F)c(C4CS(=O)(=O)C(C)C(N)=N4)c3)nccc2c1.